The first-order valence-electron chi connectivity index (χ1n) is 7.77. The molecule has 7 heteroatoms. The lowest BCUT2D eigenvalue weighted by atomic mass is 9.96. The van der Waals surface area contributed by atoms with Gasteiger partial charge in [0.1, 0.15) is 6.04 Å². The molecule has 0 spiro atoms. The number of halogens is 3. The van der Waals surface area contributed by atoms with Crippen molar-refractivity contribution in [1.82, 2.24) is 9.88 Å². The summed E-state index contributed by atoms with van der Waals surface area (Å²) >= 11 is 0. The number of benzene rings is 1. The second-order valence-corrected chi connectivity index (χ2v) is 6.18. The first-order chi connectivity index (χ1) is 11.3. The fourth-order valence-electron chi connectivity index (χ4n) is 3.14. The fourth-order valence-corrected chi connectivity index (χ4v) is 3.14. The van der Waals surface area contributed by atoms with E-state index in [4.69, 9.17) is 5.73 Å². The molecule has 128 valence electrons. The molecule has 0 unspecified atom stereocenters. The fraction of sp³-hybridized carbons (Fsp3) is 0.412. The summed E-state index contributed by atoms with van der Waals surface area (Å²) in [6.45, 7) is 1.67. The zero-order valence-electron chi connectivity index (χ0n) is 13.2. The van der Waals surface area contributed by atoms with Crippen LogP contribution in [0.3, 0.4) is 0 Å². The van der Waals surface area contributed by atoms with Crippen molar-refractivity contribution < 1.29 is 18.0 Å². The third-order valence-corrected chi connectivity index (χ3v) is 4.35. The smallest absolute Gasteiger partial charge is 0.326 e. The Balaban J connectivity index is 2.05. The average Bonchev–Trinajstić information content (AvgIpc) is 2.52. The summed E-state index contributed by atoms with van der Waals surface area (Å²) in [7, 11) is 0. The van der Waals surface area contributed by atoms with Gasteiger partial charge >= 0.3 is 6.18 Å². The maximum absolute atomic E-state index is 13.3. The Morgan fingerprint density at radius 1 is 1.25 bits per heavy atom. The first kappa shape index (κ1) is 16.7. The molecule has 2 heterocycles. The van der Waals surface area contributed by atoms with E-state index in [0.717, 1.165) is 10.3 Å². The van der Waals surface area contributed by atoms with E-state index in [9.17, 15) is 18.0 Å². The molecule has 4 nitrogen and oxygen atoms in total. The number of fused-ring (bicyclic) bond motifs is 1. The van der Waals surface area contributed by atoms with Crippen LogP contribution in [0.4, 0.5) is 13.2 Å². The Morgan fingerprint density at radius 2 is 2.00 bits per heavy atom. The Morgan fingerprint density at radius 3 is 2.71 bits per heavy atom. The van der Waals surface area contributed by atoms with E-state index in [0.29, 0.717) is 11.2 Å². The van der Waals surface area contributed by atoms with Gasteiger partial charge in [0.25, 0.3) is 5.91 Å². The maximum Gasteiger partial charge on any atom is 0.408 e. The lowest BCUT2D eigenvalue weighted by molar-refractivity contribution is -0.184. The van der Waals surface area contributed by atoms with E-state index in [1.165, 1.54) is 6.07 Å². The molecule has 1 aliphatic rings. The van der Waals surface area contributed by atoms with E-state index >= 15 is 0 Å². The van der Waals surface area contributed by atoms with Crippen LogP contribution in [0.1, 0.15) is 28.9 Å². The van der Waals surface area contributed by atoms with Crippen LogP contribution in [0.2, 0.25) is 0 Å². The summed E-state index contributed by atoms with van der Waals surface area (Å²) in [5.41, 5.74) is 7.11. The molecule has 3 rings (SSSR count). The molecule has 1 aromatic carbocycles. The number of pyridine rings is 1. The largest absolute Gasteiger partial charge is 0.408 e. The maximum atomic E-state index is 13.3. The minimum atomic E-state index is -4.47. The number of amides is 1. The van der Waals surface area contributed by atoms with Crippen molar-refractivity contribution >= 4 is 16.8 Å². The zero-order valence-corrected chi connectivity index (χ0v) is 13.2. The Bertz CT molecular complexity index is 775. The van der Waals surface area contributed by atoms with Crippen molar-refractivity contribution in [2.24, 2.45) is 5.73 Å². The van der Waals surface area contributed by atoms with E-state index in [1.807, 2.05) is 0 Å². The molecule has 0 bridgehead atoms. The van der Waals surface area contributed by atoms with Crippen molar-refractivity contribution in [3.05, 3.63) is 41.6 Å². The number of nitrogens with zero attached hydrogens (tertiary/aromatic N) is 2. The molecule has 0 saturated carbocycles. The third-order valence-electron chi connectivity index (χ3n) is 4.35. The van der Waals surface area contributed by atoms with Crippen LogP contribution in [-0.4, -0.2) is 40.6 Å². The second kappa shape index (κ2) is 6.05. The van der Waals surface area contributed by atoms with Gasteiger partial charge in [-0.1, -0.05) is 18.2 Å². The van der Waals surface area contributed by atoms with Gasteiger partial charge in [0, 0.05) is 23.7 Å². The number of nitrogens with two attached hydrogens (primary N) is 1. The highest BCUT2D eigenvalue weighted by molar-refractivity contribution is 6.05. The highest BCUT2D eigenvalue weighted by atomic mass is 19.4. The third kappa shape index (κ3) is 3.08. The second-order valence-electron chi connectivity index (χ2n) is 6.18. The van der Waals surface area contributed by atoms with Crippen LogP contribution in [0.15, 0.2) is 30.3 Å². The van der Waals surface area contributed by atoms with Crippen molar-refractivity contribution in [2.75, 3.05) is 6.54 Å². The molecular weight excluding hydrogens is 319 g/mol. The van der Waals surface area contributed by atoms with Gasteiger partial charge in [0.2, 0.25) is 0 Å². The van der Waals surface area contributed by atoms with E-state index in [1.54, 1.807) is 31.2 Å². The predicted octanol–water partition coefficient (Wildman–Crippen LogP) is 3.04. The molecule has 1 aromatic heterocycles. The standard InChI is InChI=1S/C17H18F3N3O/c1-10-5-6-11-3-2-4-13(15(11)22-10)16(24)23-9-12(21)7-8-14(23)17(18,19)20/h2-6,12,14H,7-9,21H2,1H3/t12-,14+/m0/s1. The average molecular weight is 337 g/mol. The summed E-state index contributed by atoms with van der Waals surface area (Å²) in [6, 6.07) is 6.30. The van der Waals surface area contributed by atoms with Gasteiger partial charge in [-0.05, 0) is 31.9 Å². The lowest BCUT2D eigenvalue weighted by Crippen LogP contribution is -2.56. The summed E-state index contributed by atoms with van der Waals surface area (Å²) < 4.78 is 40.0. The molecule has 0 aliphatic carbocycles. The Hall–Kier alpha value is -2.15. The number of aryl methyl sites for hydroxylation is 1. The molecule has 1 aliphatic heterocycles. The molecule has 2 atom stereocenters. The summed E-state index contributed by atoms with van der Waals surface area (Å²) in [5.74, 6) is -0.670. The normalized spacial score (nSPS) is 22.0. The van der Waals surface area contributed by atoms with Gasteiger partial charge in [-0.15, -0.1) is 0 Å². The van der Waals surface area contributed by atoms with E-state index < -0.39 is 24.2 Å². The van der Waals surface area contributed by atoms with Gasteiger partial charge in [0.05, 0.1) is 11.1 Å². The number of piperidine rings is 1. The van der Waals surface area contributed by atoms with Crippen LogP contribution in [0.25, 0.3) is 10.9 Å². The number of carbonyl (C=O) groups excluding carboxylic acids is 1. The molecule has 1 fully saturated rings. The van der Waals surface area contributed by atoms with Gasteiger partial charge < -0.3 is 10.6 Å². The zero-order chi connectivity index (χ0) is 17.5. The van der Waals surface area contributed by atoms with E-state index in [2.05, 4.69) is 4.98 Å². The molecule has 2 aromatic rings. The topological polar surface area (TPSA) is 59.2 Å². The number of aromatic nitrogens is 1. The quantitative estimate of drug-likeness (QED) is 0.870. The van der Waals surface area contributed by atoms with Gasteiger partial charge in [0.15, 0.2) is 0 Å². The minimum absolute atomic E-state index is 0.106. The number of hydrogen-bond donors (Lipinski definition) is 1. The number of hydrogen-bond acceptors (Lipinski definition) is 3. The van der Waals surface area contributed by atoms with Gasteiger partial charge in [-0.3, -0.25) is 9.78 Å². The van der Waals surface area contributed by atoms with Crippen LogP contribution < -0.4 is 5.73 Å². The number of likely N-dealkylation sites (tertiary alicyclic amines) is 1. The summed E-state index contributed by atoms with van der Waals surface area (Å²) in [6.07, 6.45) is -4.39. The van der Waals surface area contributed by atoms with Crippen LogP contribution in [-0.2, 0) is 0 Å². The van der Waals surface area contributed by atoms with Gasteiger partial charge in [-0.2, -0.15) is 13.2 Å². The number of carbonyl (C=O) groups is 1. The molecule has 24 heavy (non-hydrogen) atoms. The monoisotopic (exact) mass is 337 g/mol. The minimum Gasteiger partial charge on any atom is -0.326 e. The predicted molar refractivity (Wildman–Crippen MR) is 84.6 cm³/mol. The highest BCUT2D eigenvalue weighted by Gasteiger charge is 2.47. The molecular formula is C17H18F3N3O. The molecule has 1 saturated heterocycles. The SMILES string of the molecule is Cc1ccc2cccc(C(=O)N3C[C@@H](N)CC[C@@H]3C(F)(F)F)c2n1. The van der Waals surface area contributed by atoms with Crippen molar-refractivity contribution in [2.45, 2.75) is 38.0 Å². The Kier molecular flexibility index (Phi) is 4.21. The first-order valence-corrected chi connectivity index (χ1v) is 7.77. The van der Waals surface area contributed by atoms with Crippen molar-refractivity contribution in [3.8, 4) is 0 Å². The summed E-state index contributed by atoms with van der Waals surface area (Å²) in [4.78, 5) is 18.0. The van der Waals surface area contributed by atoms with E-state index in [-0.39, 0.29) is 24.9 Å². The van der Waals surface area contributed by atoms with Crippen LogP contribution >= 0.6 is 0 Å². The molecule has 0 radical (unpaired) electrons. The summed E-state index contributed by atoms with van der Waals surface area (Å²) in [5, 5.41) is 0.719. The van der Waals surface area contributed by atoms with Gasteiger partial charge in [-0.25, -0.2) is 0 Å². The van der Waals surface area contributed by atoms with Crippen LogP contribution in [0.5, 0.6) is 0 Å². The van der Waals surface area contributed by atoms with Crippen molar-refractivity contribution in [1.29, 1.82) is 0 Å². The van der Waals surface area contributed by atoms with Crippen LogP contribution in [0, 0.1) is 6.92 Å². The van der Waals surface area contributed by atoms with Crippen molar-refractivity contribution in [3.63, 3.8) is 0 Å². The molecule has 2 N–H and O–H groups in total. The molecule has 1 amide bonds. The lowest BCUT2D eigenvalue weighted by Gasteiger charge is -2.39. The Labute approximate surface area is 137 Å². The number of alkyl halides is 3. The number of para-hydroxylation sites is 1. The highest BCUT2D eigenvalue weighted by Crippen LogP contribution is 2.33. The number of rotatable bonds is 1.